The lowest BCUT2D eigenvalue weighted by atomic mass is 10.2. The van der Waals surface area contributed by atoms with Crippen LogP contribution in [0.15, 0.2) is 18.5 Å². The molecule has 2 aromatic rings. The number of anilines is 1. The van der Waals surface area contributed by atoms with Crippen LogP contribution in [-0.2, 0) is 13.5 Å². The number of non-ortho nitro benzene ring substituents is 1. The molecule has 20 heavy (non-hydrogen) atoms. The average molecular weight is 283 g/mol. The van der Waals surface area contributed by atoms with Gasteiger partial charge in [-0.25, -0.2) is 13.8 Å². The predicted octanol–water partition coefficient (Wildman–Crippen LogP) is 1.66. The lowest BCUT2D eigenvalue weighted by Crippen LogP contribution is -2.09. The summed E-state index contributed by atoms with van der Waals surface area (Å²) in [5, 5.41) is 17.0. The molecule has 7 nitrogen and oxygen atoms in total. The predicted molar refractivity (Wildman–Crippen MR) is 66.2 cm³/mol. The van der Waals surface area contributed by atoms with Gasteiger partial charge in [0.25, 0.3) is 5.69 Å². The van der Waals surface area contributed by atoms with E-state index in [4.69, 9.17) is 0 Å². The maximum atomic E-state index is 13.6. The van der Waals surface area contributed by atoms with Crippen molar-refractivity contribution < 1.29 is 13.7 Å². The van der Waals surface area contributed by atoms with Crippen molar-refractivity contribution in [2.24, 2.45) is 7.05 Å². The second kappa shape index (κ2) is 5.59. The first-order chi connectivity index (χ1) is 9.47. The Balaban J connectivity index is 2.04. The highest BCUT2D eigenvalue weighted by molar-refractivity contribution is 5.51. The zero-order valence-corrected chi connectivity index (χ0v) is 10.5. The first-order valence-electron chi connectivity index (χ1n) is 5.69. The highest BCUT2D eigenvalue weighted by Gasteiger charge is 2.16. The summed E-state index contributed by atoms with van der Waals surface area (Å²) in [6.07, 6.45) is 1.89. The molecular weight excluding hydrogens is 272 g/mol. The second-order valence-electron chi connectivity index (χ2n) is 4.05. The van der Waals surface area contributed by atoms with E-state index in [1.807, 2.05) is 0 Å². The molecule has 1 aromatic carbocycles. The number of nitro benzene ring substituents is 1. The fraction of sp³-hybridized carbons (Fsp3) is 0.273. The van der Waals surface area contributed by atoms with Crippen LogP contribution < -0.4 is 5.32 Å². The Bertz CT molecular complexity index is 620. The van der Waals surface area contributed by atoms with Crippen molar-refractivity contribution in [3.63, 3.8) is 0 Å². The Morgan fingerprint density at radius 1 is 1.40 bits per heavy atom. The van der Waals surface area contributed by atoms with Crippen LogP contribution in [0.3, 0.4) is 0 Å². The Morgan fingerprint density at radius 3 is 2.55 bits per heavy atom. The molecule has 9 heteroatoms. The smallest absolute Gasteiger partial charge is 0.275 e. The van der Waals surface area contributed by atoms with Gasteiger partial charge < -0.3 is 5.32 Å². The molecule has 0 amide bonds. The molecule has 0 atom stereocenters. The van der Waals surface area contributed by atoms with E-state index >= 15 is 0 Å². The summed E-state index contributed by atoms with van der Waals surface area (Å²) in [5.41, 5.74) is -1.02. The number of hydrogen-bond acceptors (Lipinski definition) is 5. The van der Waals surface area contributed by atoms with Gasteiger partial charge in [-0.15, -0.1) is 0 Å². The van der Waals surface area contributed by atoms with Gasteiger partial charge in [0.05, 0.1) is 17.1 Å². The molecule has 2 rings (SSSR count). The molecule has 0 aliphatic heterocycles. The largest absolute Gasteiger partial charge is 0.380 e. The van der Waals surface area contributed by atoms with E-state index in [1.165, 1.54) is 11.0 Å². The third-order valence-corrected chi connectivity index (χ3v) is 2.54. The lowest BCUT2D eigenvalue weighted by molar-refractivity contribution is -0.385. The Labute approximate surface area is 112 Å². The maximum Gasteiger partial charge on any atom is 0.275 e. The number of hydrogen-bond donors (Lipinski definition) is 1. The van der Waals surface area contributed by atoms with E-state index in [9.17, 15) is 18.9 Å². The van der Waals surface area contributed by atoms with Gasteiger partial charge in [-0.05, 0) is 0 Å². The lowest BCUT2D eigenvalue weighted by Gasteiger charge is -2.07. The Morgan fingerprint density at radius 2 is 2.05 bits per heavy atom. The fourth-order valence-electron chi connectivity index (χ4n) is 1.63. The number of nitro groups is 1. The number of halogens is 2. The van der Waals surface area contributed by atoms with E-state index in [2.05, 4.69) is 15.4 Å². The number of nitrogens with one attached hydrogen (secondary N) is 1. The molecule has 0 spiro atoms. The first kappa shape index (κ1) is 13.8. The van der Waals surface area contributed by atoms with Crippen molar-refractivity contribution in [2.45, 2.75) is 6.42 Å². The van der Waals surface area contributed by atoms with Crippen LogP contribution in [0.25, 0.3) is 0 Å². The number of benzene rings is 1. The van der Waals surface area contributed by atoms with Crippen molar-refractivity contribution in [3.8, 4) is 0 Å². The summed E-state index contributed by atoms with van der Waals surface area (Å²) in [6, 6.07) is 1.34. The van der Waals surface area contributed by atoms with Gasteiger partial charge in [-0.1, -0.05) is 0 Å². The minimum atomic E-state index is -1.01. The highest BCUT2D eigenvalue weighted by Crippen LogP contribution is 2.24. The third-order valence-electron chi connectivity index (χ3n) is 2.54. The monoisotopic (exact) mass is 283 g/mol. The first-order valence-corrected chi connectivity index (χ1v) is 5.69. The van der Waals surface area contributed by atoms with Crippen molar-refractivity contribution in [2.75, 3.05) is 11.9 Å². The zero-order chi connectivity index (χ0) is 14.7. The highest BCUT2D eigenvalue weighted by atomic mass is 19.1. The van der Waals surface area contributed by atoms with Gasteiger partial charge in [0, 0.05) is 20.0 Å². The fourth-order valence-corrected chi connectivity index (χ4v) is 1.63. The molecule has 0 saturated carbocycles. The topological polar surface area (TPSA) is 85.9 Å². The van der Waals surface area contributed by atoms with Crippen molar-refractivity contribution >= 4 is 11.4 Å². The molecule has 106 valence electrons. The van der Waals surface area contributed by atoms with Crippen LogP contribution in [-0.4, -0.2) is 26.2 Å². The standard InChI is InChI=1S/C11H11F2N5O2/c1-17-6-15-10(16-17)2-3-14-11-8(12)4-7(18(19)20)5-9(11)13/h4-6,14H,2-3H2,1H3. The second-order valence-corrected chi connectivity index (χ2v) is 4.05. The maximum absolute atomic E-state index is 13.6. The summed E-state index contributed by atoms with van der Waals surface area (Å²) in [5.74, 6) is -1.49. The number of aromatic nitrogens is 3. The molecule has 0 unspecified atom stereocenters. The molecular formula is C11H11F2N5O2. The van der Waals surface area contributed by atoms with Crippen molar-refractivity contribution in [1.82, 2.24) is 14.8 Å². The minimum absolute atomic E-state index is 0.204. The molecule has 0 aliphatic rings. The number of aryl methyl sites for hydroxylation is 1. The van der Waals surface area contributed by atoms with Crippen LogP contribution >= 0.6 is 0 Å². The van der Waals surface area contributed by atoms with E-state index in [0.717, 1.165) is 0 Å². The SMILES string of the molecule is Cn1cnc(CCNc2c(F)cc([N+](=O)[O-])cc2F)n1. The van der Waals surface area contributed by atoms with Crippen molar-refractivity contribution in [3.05, 3.63) is 46.0 Å². The normalized spacial score (nSPS) is 10.6. The van der Waals surface area contributed by atoms with Crippen molar-refractivity contribution in [1.29, 1.82) is 0 Å². The van der Waals surface area contributed by atoms with Crippen LogP contribution in [0.1, 0.15) is 5.82 Å². The van der Waals surface area contributed by atoms with E-state index in [0.29, 0.717) is 24.4 Å². The summed E-state index contributed by atoms with van der Waals surface area (Å²) < 4.78 is 28.6. The Hall–Kier alpha value is -2.58. The quantitative estimate of drug-likeness (QED) is 0.666. The van der Waals surface area contributed by atoms with Crippen LogP contribution in [0.2, 0.25) is 0 Å². The third kappa shape index (κ3) is 3.05. The van der Waals surface area contributed by atoms with E-state index in [-0.39, 0.29) is 6.54 Å². The zero-order valence-electron chi connectivity index (χ0n) is 10.5. The van der Waals surface area contributed by atoms with Gasteiger partial charge in [0.15, 0.2) is 17.5 Å². The van der Waals surface area contributed by atoms with Gasteiger partial charge in [0.1, 0.15) is 12.0 Å². The van der Waals surface area contributed by atoms with Crippen LogP contribution in [0.5, 0.6) is 0 Å². The molecule has 1 heterocycles. The van der Waals surface area contributed by atoms with Gasteiger partial charge >= 0.3 is 0 Å². The number of nitrogens with zero attached hydrogens (tertiary/aromatic N) is 4. The summed E-state index contributed by atoms with van der Waals surface area (Å²) in [6.45, 7) is 0.204. The number of rotatable bonds is 5. The molecule has 1 N–H and O–H groups in total. The molecule has 1 aromatic heterocycles. The van der Waals surface area contributed by atoms with E-state index in [1.54, 1.807) is 7.05 Å². The molecule has 0 aliphatic carbocycles. The van der Waals surface area contributed by atoms with E-state index < -0.39 is 27.9 Å². The molecule has 0 fully saturated rings. The molecule has 0 saturated heterocycles. The molecule has 0 bridgehead atoms. The van der Waals surface area contributed by atoms with Gasteiger partial charge in [0.2, 0.25) is 0 Å². The summed E-state index contributed by atoms with van der Waals surface area (Å²) in [7, 11) is 1.71. The molecule has 0 radical (unpaired) electrons. The Kier molecular flexibility index (Phi) is 3.87. The summed E-state index contributed by atoms with van der Waals surface area (Å²) in [4.78, 5) is 13.6. The minimum Gasteiger partial charge on any atom is -0.380 e. The van der Waals surface area contributed by atoms with Gasteiger partial charge in [-0.3, -0.25) is 14.8 Å². The van der Waals surface area contributed by atoms with Gasteiger partial charge in [-0.2, -0.15) is 5.10 Å². The average Bonchev–Trinajstić information content (AvgIpc) is 2.78. The van der Waals surface area contributed by atoms with Crippen LogP contribution in [0, 0.1) is 21.7 Å². The summed E-state index contributed by atoms with van der Waals surface area (Å²) >= 11 is 0. The van der Waals surface area contributed by atoms with Crippen LogP contribution in [0.4, 0.5) is 20.2 Å².